The molecule has 0 aromatic heterocycles. The van der Waals surface area contributed by atoms with Crippen LogP contribution < -0.4 is 51.4 Å². The number of allylic oxidation sites excluding steroid dienone is 4. The van der Waals surface area contributed by atoms with Crippen molar-refractivity contribution in [2.24, 2.45) is 0 Å². The third kappa shape index (κ3) is 39.7. The van der Waals surface area contributed by atoms with Gasteiger partial charge >= 0.3 is 63.3 Å². The van der Waals surface area contributed by atoms with E-state index < -0.39 is 32.5 Å². The van der Waals surface area contributed by atoms with Crippen LogP contribution in [0.3, 0.4) is 0 Å². The summed E-state index contributed by atoms with van der Waals surface area (Å²) in [7, 11) is -5.03. The van der Waals surface area contributed by atoms with Crippen molar-refractivity contribution in [1.29, 1.82) is 0 Å². The molecule has 1 aromatic carbocycles. The monoisotopic (exact) mass is 953 g/mol. The van der Waals surface area contributed by atoms with Crippen molar-refractivity contribution in [3.63, 3.8) is 0 Å². The number of ether oxygens (including phenoxy) is 2. The van der Waals surface area contributed by atoms with Gasteiger partial charge in [-0.1, -0.05) is 237 Å². The SMILES string of the molecule is CCCCCCCCCCCCCCCCCC/C=C/CCCCOC(=O)c1cccc(S(=O)(=O)[O-])c1C(=O)OCCCC/C=C/CCCCCCCCCCCCCCCCCC.[K+]. The molecule has 1 aromatic rings. The summed E-state index contributed by atoms with van der Waals surface area (Å²) in [5.41, 5.74) is -0.809. The Morgan fingerprint density at radius 2 is 0.708 bits per heavy atom. The van der Waals surface area contributed by atoms with Gasteiger partial charge < -0.3 is 14.0 Å². The van der Waals surface area contributed by atoms with Crippen LogP contribution in [0.1, 0.15) is 291 Å². The first-order valence-electron chi connectivity index (χ1n) is 27.1. The van der Waals surface area contributed by atoms with Crippen LogP contribution in [0, 0.1) is 0 Å². The topological polar surface area (TPSA) is 110 Å². The van der Waals surface area contributed by atoms with E-state index in [1.807, 2.05) is 0 Å². The number of esters is 2. The number of benzene rings is 1. The number of unbranched alkanes of at least 4 members (excludes halogenated alkanes) is 36. The van der Waals surface area contributed by atoms with Crippen LogP contribution in [0.4, 0.5) is 0 Å². The zero-order chi connectivity index (χ0) is 46.4. The van der Waals surface area contributed by atoms with Crippen molar-refractivity contribution in [3.05, 3.63) is 53.6 Å². The maximum absolute atomic E-state index is 13.1. The third-order valence-corrected chi connectivity index (χ3v) is 13.4. The second-order valence-corrected chi connectivity index (χ2v) is 19.9. The molecular weight excluding hydrogens is 856 g/mol. The summed E-state index contributed by atoms with van der Waals surface area (Å²) < 4.78 is 46.9. The van der Waals surface area contributed by atoms with Crippen molar-refractivity contribution in [1.82, 2.24) is 0 Å². The molecule has 0 amide bonds. The van der Waals surface area contributed by atoms with Gasteiger partial charge in [-0.25, -0.2) is 18.0 Å². The first-order valence-corrected chi connectivity index (χ1v) is 28.5. The quantitative estimate of drug-likeness (QED) is 0.0210. The second kappa shape index (κ2) is 48.2. The summed E-state index contributed by atoms with van der Waals surface area (Å²) in [5, 5.41) is 0. The Morgan fingerprint density at radius 3 is 1.02 bits per heavy atom. The standard InChI is InChI=1S/C56H98O7S.K/c1-3-5-7-9-11-13-15-17-19-21-23-25-27-29-31-33-35-37-39-41-43-45-50-62-55(57)52-48-47-49-53(64(59,60)61)54(52)56(58)63-51-46-44-42-40-38-36-34-32-30-28-26-24-22-20-18-16-14-12-10-8-6-4-2;/h37-40,47-49H,3-36,41-46,50-51H2,1-2H3,(H,59,60,61);/q;+1/p-1/b39-37+,40-38+;. The van der Waals surface area contributed by atoms with Gasteiger partial charge in [0.25, 0.3) is 0 Å². The summed E-state index contributed by atoms with van der Waals surface area (Å²) in [6, 6.07) is 3.61. The Balaban J connectivity index is 0.0000410. The Labute approximate surface area is 443 Å². The zero-order valence-corrected chi connectivity index (χ0v) is 46.4. The average Bonchev–Trinajstić information content (AvgIpc) is 3.28. The molecule has 9 heteroatoms. The summed E-state index contributed by atoms with van der Waals surface area (Å²) in [4.78, 5) is 25.3. The molecule has 0 aliphatic heterocycles. The minimum atomic E-state index is -5.03. The smallest absolute Gasteiger partial charge is 0.744 e. The minimum Gasteiger partial charge on any atom is -0.744 e. The Hall–Kier alpha value is -0.814. The molecule has 0 bridgehead atoms. The van der Waals surface area contributed by atoms with Crippen LogP contribution in [-0.2, 0) is 19.6 Å². The molecule has 0 N–H and O–H groups in total. The summed E-state index contributed by atoms with van der Waals surface area (Å²) in [6.07, 6.45) is 59.4. The minimum absolute atomic E-state index is 0. The van der Waals surface area contributed by atoms with E-state index >= 15 is 0 Å². The molecule has 0 atom stereocenters. The van der Waals surface area contributed by atoms with E-state index in [4.69, 9.17) is 9.47 Å². The van der Waals surface area contributed by atoms with E-state index in [1.54, 1.807) is 0 Å². The van der Waals surface area contributed by atoms with Gasteiger partial charge in [-0.15, -0.1) is 0 Å². The number of rotatable bonds is 47. The molecule has 0 saturated carbocycles. The second-order valence-electron chi connectivity index (χ2n) is 18.5. The van der Waals surface area contributed by atoms with Crippen molar-refractivity contribution < 1.29 is 83.4 Å². The molecule has 370 valence electrons. The van der Waals surface area contributed by atoms with Crippen molar-refractivity contribution >= 4 is 22.1 Å². The van der Waals surface area contributed by atoms with Gasteiger partial charge in [-0.05, 0) is 76.3 Å². The fourth-order valence-electron chi connectivity index (χ4n) is 8.42. The van der Waals surface area contributed by atoms with Crippen LogP contribution >= 0.6 is 0 Å². The van der Waals surface area contributed by atoms with Crippen LogP contribution in [0.15, 0.2) is 47.4 Å². The molecule has 0 unspecified atom stereocenters. The first kappa shape index (κ1) is 64.2. The van der Waals surface area contributed by atoms with Gasteiger partial charge in [0.2, 0.25) is 0 Å². The fraction of sp³-hybridized carbons (Fsp3) is 0.786. The van der Waals surface area contributed by atoms with Crippen LogP contribution in [0.5, 0.6) is 0 Å². The molecule has 0 radical (unpaired) electrons. The van der Waals surface area contributed by atoms with Crippen LogP contribution in [0.2, 0.25) is 0 Å². The van der Waals surface area contributed by atoms with E-state index in [0.717, 1.165) is 44.6 Å². The molecule has 0 heterocycles. The number of hydrogen-bond acceptors (Lipinski definition) is 7. The molecule has 65 heavy (non-hydrogen) atoms. The van der Waals surface area contributed by atoms with Crippen molar-refractivity contribution in [2.45, 2.75) is 276 Å². The van der Waals surface area contributed by atoms with E-state index in [9.17, 15) is 22.6 Å². The maximum Gasteiger partial charge on any atom is 1.00 e. The normalized spacial score (nSPS) is 11.7. The molecule has 0 fully saturated rings. The van der Waals surface area contributed by atoms with Gasteiger partial charge in [0.1, 0.15) is 10.1 Å². The molecule has 1 rings (SSSR count). The van der Waals surface area contributed by atoms with E-state index in [1.165, 1.54) is 218 Å². The van der Waals surface area contributed by atoms with Crippen molar-refractivity contribution in [3.8, 4) is 0 Å². The maximum atomic E-state index is 13.1. The van der Waals surface area contributed by atoms with Crippen LogP contribution in [0.25, 0.3) is 0 Å². The van der Waals surface area contributed by atoms with Gasteiger partial charge in [0, 0.05) is 0 Å². The van der Waals surface area contributed by atoms with Crippen LogP contribution in [-0.4, -0.2) is 38.1 Å². The number of hydrogen-bond donors (Lipinski definition) is 0. The third-order valence-electron chi connectivity index (χ3n) is 12.5. The summed E-state index contributed by atoms with van der Waals surface area (Å²) >= 11 is 0. The van der Waals surface area contributed by atoms with Gasteiger partial charge in [-0.3, -0.25) is 0 Å². The number of carbonyl (C=O) groups excluding carboxylic acids is 2. The van der Waals surface area contributed by atoms with E-state index in [0.29, 0.717) is 12.8 Å². The fourth-order valence-corrected chi connectivity index (χ4v) is 9.11. The zero-order valence-electron chi connectivity index (χ0n) is 42.5. The molecular formula is C56H97KO7S. The molecule has 0 spiro atoms. The Bertz CT molecular complexity index is 1410. The average molecular weight is 954 g/mol. The predicted molar refractivity (Wildman–Crippen MR) is 269 cm³/mol. The van der Waals surface area contributed by atoms with E-state index in [-0.39, 0.29) is 70.2 Å². The van der Waals surface area contributed by atoms with Gasteiger partial charge in [0.15, 0.2) is 0 Å². The van der Waals surface area contributed by atoms with Crippen molar-refractivity contribution in [2.75, 3.05) is 13.2 Å². The molecule has 7 nitrogen and oxygen atoms in total. The van der Waals surface area contributed by atoms with E-state index in [2.05, 4.69) is 38.2 Å². The Kier molecular flexibility index (Phi) is 47.6. The molecule has 0 aliphatic rings. The predicted octanol–water partition coefficient (Wildman–Crippen LogP) is 14.7. The summed E-state index contributed by atoms with van der Waals surface area (Å²) in [6.45, 7) is 4.74. The van der Waals surface area contributed by atoms with Gasteiger partial charge in [0.05, 0.1) is 29.2 Å². The number of carbonyl (C=O) groups is 2. The Morgan fingerprint density at radius 1 is 0.431 bits per heavy atom. The molecule has 0 saturated heterocycles. The van der Waals surface area contributed by atoms with Gasteiger partial charge in [-0.2, -0.15) is 0 Å². The largest absolute Gasteiger partial charge is 1.00 e. The summed E-state index contributed by atoms with van der Waals surface area (Å²) in [5.74, 6) is -1.85. The first-order chi connectivity index (χ1) is 31.3. The molecule has 0 aliphatic carbocycles.